The Kier molecular flexibility index (Phi) is 9.21. The van der Waals surface area contributed by atoms with E-state index < -0.39 is 32.4 Å². The third kappa shape index (κ3) is 7.92. The molecule has 0 amide bonds. The number of hydrogen-bond acceptors (Lipinski definition) is 8. The van der Waals surface area contributed by atoms with Gasteiger partial charge in [0.05, 0.1) is 18.2 Å². The second kappa shape index (κ2) is 9.30. The lowest BCUT2D eigenvalue weighted by Gasteiger charge is -2.26. The molecule has 10 heteroatoms. The van der Waals surface area contributed by atoms with Crippen LogP contribution >= 0.6 is 15.2 Å². The summed E-state index contributed by atoms with van der Waals surface area (Å²) in [7, 11) is -1.85. The van der Waals surface area contributed by atoms with Gasteiger partial charge < -0.3 is 22.8 Å². The maximum Gasteiger partial charge on any atom is 0.333 e. The molecule has 0 aromatic heterocycles. The molecule has 0 bridgehead atoms. The van der Waals surface area contributed by atoms with Crippen molar-refractivity contribution in [3.63, 3.8) is 0 Å². The Morgan fingerprint density at radius 3 is 1.78 bits per heavy atom. The average molecular weight is 374 g/mol. The molecule has 0 saturated carbocycles. The molecule has 1 atom stereocenters. The van der Waals surface area contributed by atoms with Crippen molar-refractivity contribution in [3.8, 4) is 0 Å². The molecule has 0 aliphatic rings. The molecule has 0 aromatic rings. The third-order valence-corrected chi connectivity index (χ3v) is 7.34. The zero-order chi connectivity index (χ0) is 18.3. The zero-order valence-corrected chi connectivity index (χ0v) is 16.6. The normalized spacial score (nSPS) is 14.6. The summed E-state index contributed by atoms with van der Waals surface area (Å²) in [5.74, 6) is -0.540. The number of ether oxygens (including phenoxy) is 1. The van der Waals surface area contributed by atoms with Crippen LogP contribution in [0, 0.1) is 0 Å². The van der Waals surface area contributed by atoms with Gasteiger partial charge in [0, 0.05) is 28.4 Å². The van der Waals surface area contributed by atoms with E-state index in [-0.39, 0.29) is 19.0 Å². The maximum absolute atomic E-state index is 12.6. The van der Waals surface area contributed by atoms with E-state index in [0.717, 1.165) is 0 Å². The zero-order valence-electron chi connectivity index (χ0n) is 14.9. The summed E-state index contributed by atoms with van der Waals surface area (Å²) in [4.78, 5) is 12.0. The minimum atomic E-state index is -3.55. The molecule has 0 rings (SSSR count). The summed E-state index contributed by atoms with van der Waals surface area (Å²) < 4.78 is 49.6. The van der Waals surface area contributed by atoms with Crippen LogP contribution in [0.15, 0.2) is 0 Å². The minimum absolute atomic E-state index is 0.0236. The van der Waals surface area contributed by atoms with Gasteiger partial charge in [-0.25, -0.2) is 0 Å². The highest BCUT2D eigenvalue weighted by molar-refractivity contribution is 7.55. The summed E-state index contributed by atoms with van der Waals surface area (Å²) in [5, 5.41) is 0. The van der Waals surface area contributed by atoms with Crippen LogP contribution in [0.1, 0.15) is 33.6 Å². The lowest BCUT2D eigenvalue weighted by atomic mass is 10.2. The largest absolute Gasteiger partial charge is 0.460 e. The van der Waals surface area contributed by atoms with E-state index in [1.54, 1.807) is 20.8 Å². The van der Waals surface area contributed by atoms with Crippen LogP contribution in [-0.2, 0) is 36.8 Å². The molecule has 0 aliphatic heterocycles. The van der Waals surface area contributed by atoms with Gasteiger partial charge in [-0.2, -0.15) is 0 Å². The molecule has 138 valence electrons. The fraction of sp³-hybridized carbons (Fsp3) is 0.923. The highest BCUT2D eigenvalue weighted by Gasteiger charge is 2.38. The Morgan fingerprint density at radius 1 is 0.957 bits per heavy atom. The SMILES string of the molecule is COP(=O)(CCC(CC(=O)OC(C)(C)C)P(=O)(OC)OC)OC. The molecule has 0 heterocycles. The molecule has 0 aromatic carbocycles. The van der Waals surface area contributed by atoms with Gasteiger partial charge in [-0.05, 0) is 27.2 Å². The molecular weight excluding hydrogens is 346 g/mol. The van der Waals surface area contributed by atoms with Crippen LogP contribution in [0.5, 0.6) is 0 Å². The molecule has 0 spiro atoms. The summed E-state index contributed by atoms with van der Waals surface area (Å²) in [6.45, 7) is 5.20. The van der Waals surface area contributed by atoms with Crippen LogP contribution in [0.3, 0.4) is 0 Å². The minimum Gasteiger partial charge on any atom is -0.460 e. The van der Waals surface area contributed by atoms with E-state index in [1.165, 1.54) is 28.4 Å². The molecule has 0 fully saturated rings. The Labute approximate surface area is 138 Å². The van der Waals surface area contributed by atoms with Gasteiger partial charge in [0.2, 0.25) is 0 Å². The molecular formula is C13H28O8P2. The van der Waals surface area contributed by atoms with Crippen LogP contribution < -0.4 is 0 Å². The van der Waals surface area contributed by atoms with E-state index >= 15 is 0 Å². The van der Waals surface area contributed by atoms with Crippen molar-refractivity contribution in [1.29, 1.82) is 0 Å². The van der Waals surface area contributed by atoms with Gasteiger partial charge in [0.1, 0.15) is 5.60 Å². The highest BCUT2D eigenvalue weighted by Crippen LogP contribution is 2.57. The number of hydrogen-bond donors (Lipinski definition) is 0. The van der Waals surface area contributed by atoms with Crippen molar-refractivity contribution in [3.05, 3.63) is 0 Å². The first kappa shape index (κ1) is 22.8. The lowest BCUT2D eigenvalue weighted by molar-refractivity contribution is -0.154. The van der Waals surface area contributed by atoms with Crippen LogP contribution in [0.4, 0.5) is 0 Å². The van der Waals surface area contributed by atoms with Gasteiger partial charge in [0.15, 0.2) is 0 Å². The van der Waals surface area contributed by atoms with Crippen LogP contribution in [0.2, 0.25) is 0 Å². The third-order valence-electron chi connectivity index (χ3n) is 3.07. The van der Waals surface area contributed by atoms with Crippen molar-refractivity contribution in [2.45, 2.75) is 44.9 Å². The molecule has 0 radical (unpaired) electrons. The fourth-order valence-corrected chi connectivity index (χ4v) is 4.79. The number of carbonyl (C=O) groups is 1. The Bertz CT molecular complexity index is 455. The van der Waals surface area contributed by atoms with Gasteiger partial charge in [0.25, 0.3) is 0 Å². The van der Waals surface area contributed by atoms with E-state index in [0.29, 0.717) is 0 Å². The summed E-state index contributed by atoms with van der Waals surface area (Å²) in [6.07, 6.45) is -0.120. The summed E-state index contributed by atoms with van der Waals surface area (Å²) in [5.41, 5.74) is -1.48. The second-order valence-corrected chi connectivity index (χ2v) is 10.8. The lowest BCUT2D eigenvalue weighted by Crippen LogP contribution is -2.27. The van der Waals surface area contributed by atoms with E-state index in [4.69, 9.17) is 22.8 Å². The smallest absolute Gasteiger partial charge is 0.333 e. The molecule has 23 heavy (non-hydrogen) atoms. The van der Waals surface area contributed by atoms with Gasteiger partial charge >= 0.3 is 21.2 Å². The Morgan fingerprint density at radius 2 is 1.43 bits per heavy atom. The first-order valence-electron chi connectivity index (χ1n) is 7.09. The van der Waals surface area contributed by atoms with Gasteiger partial charge in [-0.1, -0.05) is 0 Å². The molecule has 0 N–H and O–H groups in total. The van der Waals surface area contributed by atoms with E-state index in [2.05, 4.69) is 0 Å². The van der Waals surface area contributed by atoms with Crippen molar-refractivity contribution < 1.29 is 36.8 Å². The van der Waals surface area contributed by atoms with Crippen molar-refractivity contribution in [2.75, 3.05) is 34.6 Å². The first-order valence-corrected chi connectivity index (χ1v) is 10.4. The second-order valence-electron chi connectivity index (χ2n) is 5.84. The van der Waals surface area contributed by atoms with Crippen molar-refractivity contribution in [2.24, 2.45) is 0 Å². The van der Waals surface area contributed by atoms with Crippen LogP contribution in [-0.4, -0.2) is 51.8 Å². The van der Waals surface area contributed by atoms with Gasteiger partial charge in [-0.3, -0.25) is 13.9 Å². The predicted octanol–water partition coefficient (Wildman–Crippen LogP) is 3.45. The Hall–Kier alpha value is -0.230. The average Bonchev–Trinajstić information content (AvgIpc) is 2.48. The first-order chi connectivity index (χ1) is 10.4. The maximum atomic E-state index is 12.6. The number of carbonyl (C=O) groups excluding carboxylic acids is 1. The topological polar surface area (TPSA) is 97.4 Å². The Balaban J connectivity index is 5.15. The monoisotopic (exact) mass is 374 g/mol. The summed E-state index contributed by atoms with van der Waals surface area (Å²) in [6, 6.07) is 0. The van der Waals surface area contributed by atoms with Crippen molar-refractivity contribution in [1.82, 2.24) is 0 Å². The van der Waals surface area contributed by atoms with E-state index in [9.17, 15) is 13.9 Å². The predicted molar refractivity (Wildman–Crippen MR) is 87.0 cm³/mol. The highest BCUT2D eigenvalue weighted by atomic mass is 31.2. The molecule has 0 saturated heterocycles. The molecule has 8 nitrogen and oxygen atoms in total. The molecule has 1 unspecified atom stereocenters. The summed E-state index contributed by atoms with van der Waals surface area (Å²) >= 11 is 0. The molecule has 0 aliphatic carbocycles. The van der Waals surface area contributed by atoms with Crippen molar-refractivity contribution >= 4 is 21.2 Å². The van der Waals surface area contributed by atoms with Crippen LogP contribution in [0.25, 0.3) is 0 Å². The van der Waals surface area contributed by atoms with Gasteiger partial charge in [-0.15, -0.1) is 0 Å². The fourth-order valence-electron chi connectivity index (χ4n) is 1.88. The number of esters is 1. The standard InChI is InChI=1S/C13H28O8P2/c1-13(2,3)21-12(14)10-11(23(16,19-6)20-7)8-9-22(15,17-4)18-5/h11H,8-10H2,1-7H3. The van der Waals surface area contributed by atoms with E-state index in [1.807, 2.05) is 0 Å². The number of rotatable bonds is 10. The quantitative estimate of drug-likeness (QED) is 0.424.